The van der Waals surface area contributed by atoms with Gasteiger partial charge in [0.2, 0.25) is 5.91 Å². The minimum atomic E-state index is -2.95. The van der Waals surface area contributed by atoms with Gasteiger partial charge in [0.25, 0.3) is 11.7 Å². The molecule has 384 valence electrons. The van der Waals surface area contributed by atoms with Crippen molar-refractivity contribution in [3.8, 4) is 5.75 Å². The summed E-state index contributed by atoms with van der Waals surface area (Å²) < 4.78 is 33.8. The highest BCUT2D eigenvalue weighted by molar-refractivity contribution is 5.95. The molecule has 1 aromatic rings. The first-order chi connectivity index (χ1) is 32.3. The number of nitrogens with zero attached hydrogens (tertiary/aromatic N) is 1. The molecule has 17 N–H and O–H groups in total. The summed E-state index contributed by atoms with van der Waals surface area (Å²) in [5.41, 5.74) is 13.1. The van der Waals surface area contributed by atoms with E-state index in [-0.39, 0.29) is 36.9 Å². The standard InChI is InChI=1S/C42H66N6O20/c1-18-10-21(11-19(2)29(18)53)38(60)44-13-24(51)30(54)37-28(45-27(52)15-48-14-22(46-47-48)20-6-4-3-5-7-20)23(50)12-42(68-37,41(61)62)64-17-26-31(55)32(56)34(58)40(66-26)67-36-25(16-49)65-39(63-9-8-43)35(59)33(36)57/h10-11,14,20,23-26,28,30-37,39-40,46-47,49-51,53-59H,3-9,12-13,15-17,43H2,1-2H3,(H,44,60)(H,45,52)(H,61,62)/t23-,24-,25?,26?,28-,30-,31+,32+,33-,34?,35?,36-,37?,39-,40+,42-/m1/s1. The number of aromatic hydroxyl groups is 1. The normalized spacial score (nSPS) is 35.5. The molecule has 6 rings (SSSR count). The molecule has 2 amide bonds. The maximum atomic E-state index is 13.6. The molecular formula is C42H66N6O20. The van der Waals surface area contributed by atoms with Crippen LogP contribution in [0.15, 0.2) is 24.0 Å². The van der Waals surface area contributed by atoms with Gasteiger partial charge in [-0.25, -0.2) is 4.79 Å². The number of nitrogens with one attached hydrogen (secondary N) is 4. The van der Waals surface area contributed by atoms with E-state index in [0.717, 1.165) is 37.8 Å². The first-order valence-electron chi connectivity index (χ1n) is 22.5. The average molecular weight is 975 g/mol. The predicted molar refractivity (Wildman–Crippen MR) is 228 cm³/mol. The van der Waals surface area contributed by atoms with Crippen LogP contribution in [0.5, 0.6) is 5.75 Å². The summed E-state index contributed by atoms with van der Waals surface area (Å²) in [7, 11) is 0. The third-order valence-electron chi connectivity index (χ3n) is 12.8. The zero-order valence-electron chi connectivity index (χ0n) is 37.6. The molecule has 68 heavy (non-hydrogen) atoms. The summed E-state index contributed by atoms with van der Waals surface area (Å²) in [6.07, 6.45) is -20.1. The zero-order valence-corrected chi connectivity index (χ0v) is 37.6. The molecular weight excluding hydrogens is 908 g/mol. The number of carbonyl (C=O) groups excluding carboxylic acids is 2. The van der Waals surface area contributed by atoms with E-state index in [1.807, 2.05) is 0 Å². The SMILES string of the molecule is Cc1cc(C(=O)NC[C@@H](O)[C@@H](O)C2O[C@@](OCC3O[C@@H](O[C@@H]4C(CO)O[C@@H](OCCN)C(O)[C@H]4O)C(O)[C@@H](O)[C@H]3O)(C(=O)O)C[C@@H](O)[C@H]2NC(=O)CN2C=C(C3CCCCC3)NN2)cc(C)c1O. The third kappa shape index (κ3) is 12.2. The van der Waals surface area contributed by atoms with Gasteiger partial charge in [0.05, 0.1) is 38.1 Å². The van der Waals surface area contributed by atoms with Gasteiger partial charge in [-0.05, 0) is 49.9 Å². The molecule has 5 unspecified atom stereocenters. The highest BCUT2D eigenvalue weighted by Gasteiger charge is 2.57. The summed E-state index contributed by atoms with van der Waals surface area (Å²) in [5.74, 6) is -6.09. The van der Waals surface area contributed by atoms with Gasteiger partial charge in [0.15, 0.2) is 12.6 Å². The number of aryl methyl sites for hydroxylation is 2. The molecule has 3 saturated heterocycles. The summed E-state index contributed by atoms with van der Waals surface area (Å²) >= 11 is 0. The number of aliphatic hydroxyl groups is 9. The Balaban J connectivity index is 1.19. The van der Waals surface area contributed by atoms with Crippen LogP contribution in [0.3, 0.4) is 0 Å². The lowest BCUT2D eigenvalue weighted by atomic mass is 9.87. The van der Waals surface area contributed by atoms with Crippen molar-refractivity contribution in [1.82, 2.24) is 26.6 Å². The molecule has 5 aliphatic rings. The van der Waals surface area contributed by atoms with E-state index in [1.165, 1.54) is 17.1 Å². The van der Waals surface area contributed by atoms with Crippen molar-refractivity contribution in [2.24, 2.45) is 11.7 Å². The van der Waals surface area contributed by atoms with Gasteiger partial charge in [-0.1, -0.05) is 19.3 Å². The number of carboxylic acid groups (broad SMARTS) is 1. The quantitative estimate of drug-likeness (QED) is 0.0614. The zero-order chi connectivity index (χ0) is 49.6. The lowest BCUT2D eigenvalue weighted by Crippen LogP contribution is -2.69. The van der Waals surface area contributed by atoms with Crippen molar-refractivity contribution in [1.29, 1.82) is 0 Å². The second-order valence-electron chi connectivity index (χ2n) is 17.8. The van der Waals surface area contributed by atoms with Gasteiger partial charge in [-0.3, -0.25) is 14.6 Å². The molecule has 4 fully saturated rings. The summed E-state index contributed by atoms with van der Waals surface area (Å²) in [5, 5.41) is 126. The second-order valence-corrected chi connectivity index (χ2v) is 17.8. The van der Waals surface area contributed by atoms with E-state index >= 15 is 0 Å². The molecule has 4 heterocycles. The van der Waals surface area contributed by atoms with Crippen molar-refractivity contribution in [2.45, 2.75) is 150 Å². The Morgan fingerprint density at radius 3 is 2.25 bits per heavy atom. The first kappa shape index (κ1) is 53.4. The fourth-order valence-corrected chi connectivity index (χ4v) is 8.98. The molecule has 16 atom stereocenters. The highest BCUT2D eigenvalue weighted by Crippen LogP contribution is 2.36. The number of phenolic OH excluding ortho intramolecular Hbond substituents is 1. The van der Waals surface area contributed by atoms with Crippen LogP contribution in [0.25, 0.3) is 0 Å². The van der Waals surface area contributed by atoms with Gasteiger partial charge in [0.1, 0.15) is 73.3 Å². The summed E-state index contributed by atoms with van der Waals surface area (Å²) in [6, 6.07) is 1.15. The van der Waals surface area contributed by atoms with E-state index in [9.17, 15) is 70.6 Å². The Labute approximate surface area is 390 Å². The monoisotopic (exact) mass is 974 g/mol. The fraction of sp³-hybridized carbons (Fsp3) is 0.738. The maximum absolute atomic E-state index is 13.6. The van der Waals surface area contributed by atoms with E-state index in [4.69, 9.17) is 34.2 Å². The van der Waals surface area contributed by atoms with Gasteiger partial charge in [0, 0.05) is 42.9 Å². The number of carboxylic acids is 1. The fourth-order valence-electron chi connectivity index (χ4n) is 8.98. The molecule has 1 saturated carbocycles. The largest absolute Gasteiger partial charge is 0.507 e. The number of nitrogens with two attached hydrogens (primary N) is 1. The summed E-state index contributed by atoms with van der Waals surface area (Å²) in [4.78, 5) is 39.8. The molecule has 4 aliphatic heterocycles. The number of hydrazine groups is 2. The summed E-state index contributed by atoms with van der Waals surface area (Å²) in [6.45, 7) is 0.246. The molecule has 0 bridgehead atoms. The molecule has 0 aromatic heterocycles. The number of hydrogen-bond donors (Lipinski definition) is 16. The van der Waals surface area contributed by atoms with Crippen LogP contribution in [0.4, 0.5) is 0 Å². The van der Waals surface area contributed by atoms with Gasteiger partial charge >= 0.3 is 5.97 Å². The Morgan fingerprint density at radius 2 is 1.60 bits per heavy atom. The molecule has 0 radical (unpaired) electrons. The lowest BCUT2D eigenvalue weighted by molar-refractivity contribution is -0.367. The van der Waals surface area contributed by atoms with Crippen LogP contribution in [0.2, 0.25) is 0 Å². The van der Waals surface area contributed by atoms with E-state index < -0.39 is 142 Å². The minimum absolute atomic E-state index is 0.0269. The Hall–Kier alpha value is -3.91. The lowest BCUT2D eigenvalue weighted by Gasteiger charge is -2.48. The Kier molecular flexibility index (Phi) is 18.3. The van der Waals surface area contributed by atoms with Gasteiger partial charge < -0.3 is 106 Å². The van der Waals surface area contributed by atoms with Crippen LogP contribution in [0, 0.1) is 19.8 Å². The second kappa shape index (κ2) is 23.3. The number of phenols is 1. The number of amides is 2. The van der Waals surface area contributed by atoms with Crippen LogP contribution in [0.1, 0.15) is 60.0 Å². The number of ether oxygens (including phenoxy) is 6. The van der Waals surface area contributed by atoms with Crippen molar-refractivity contribution >= 4 is 17.8 Å². The van der Waals surface area contributed by atoms with Crippen molar-refractivity contribution in [3.63, 3.8) is 0 Å². The van der Waals surface area contributed by atoms with Crippen molar-refractivity contribution < 1.29 is 99.0 Å². The third-order valence-corrected chi connectivity index (χ3v) is 12.8. The smallest absolute Gasteiger partial charge is 0.364 e. The van der Waals surface area contributed by atoms with Crippen molar-refractivity contribution in [2.75, 3.05) is 39.5 Å². The number of rotatable bonds is 19. The van der Waals surface area contributed by atoms with E-state index in [1.54, 1.807) is 20.0 Å². The molecule has 26 heteroatoms. The Morgan fingerprint density at radius 1 is 0.941 bits per heavy atom. The van der Waals surface area contributed by atoms with Crippen LogP contribution in [-0.4, -0.2) is 216 Å². The topological polar surface area (TPSA) is 406 Å². The van der Waals surface area contributed by atoms with Crippen LogP contribution >= 0.6 is 0 Å². The number of carbonyl (C=O) groups is 3. The molecule has 1 aliphatic carbocycles. The minimum Gasteiger partial charge on any atom is -0.507 e. The van der Waals surface area contributed by atoms with E-state index in [0.29, 0.717) is 11.1 Å². The van der Waals surface area contributed by atoms with E-state index in [2.05, 4.69) is 21.6 Å². The van der Waals surface area contributed by atoms with Gasteiger partial charge in [-0.2, -0.15) is 0 Å². The number of allylic oxidation sites excluding steroid dienone is 1. The number of benzene rings is 1. The number of hydrogen-bond acceptors (Lipinski definition) is 23. The first-order valence-corrected chi connectivity index (χ1v) is 22.5. The molecule has 26 nitrogen and oxygen atoms in total. The van der Waals surface area contributed by atoms with Crippen LogP contribution < -0.4 is 27.3 Å². The highest BCUT2D eigenvalue weighted by atomic mass is 16.8. The molecule has 0 spiro atoms. The number of aliphatic hydroxyl groups excluding tert-OH is 9. The van der Waals surface area contributed by atoms with Gasteiger partial charge in [-0.15, -0.1) is 5.53 Å². The predicted octanol–water partition coefficient (Wildman–Crippen LogP) is -5.75. The average Bonchev–Trinajstić information content (AvgIpc) is 3.79. The van der Waals surface area contributed by atoms with Crippen LogP contribution in [-0.2, 0) is 38.0 Å². The van der Waals surface area contributed by atoms with Crippen molar-refractivity contribution in [3.05, 3.63) is 40.7 Å². The molecule has 1 aromatic carbocycles. The Bertz CT molecular complexity index is 1890. The number of aliphatic carboxylic acids is 1. The maximum Gasteiger partial charge on any atom is 0.364 e.